The third-order valence-corrected chi connectivity index (χ3v) is 2.49. The van der Waals surface area contributed by atoms with Crippen LogP contribution in [0.2, 0.25) is 0 Å². The SMILES string of the molecule is CNCCCCCOc1cccc(C)c1F. The number of benzene rings is 1. The molecule has 0 aliphatic heterocycles. The number of halogens is 1. The molecule has 1 aromatic rings. The normalized spacial score (nSPS) is 10.4. The summed E-state index contributed by atoms with van der Waals surface area (Å²) in [5.74, 6) is 0.131. The molecule has 0 aliphatic carbocycles. The van der Waals surface area contributed by atoms with Gasteiger partial charge in [0, 0.05) is 0 Å². The molecule has 0 fully saturated rings. The number of rotatable bonds is 7. The lowest BCUT2D eigenvalue weighted by Crippen LogP contribution is -2.08. The first-order valence-electron chi connectivity index (χ1n) is 5.78. The molecule has 0 atom stereocenters. The topological polar surface area (TPSA) is 21.3 Å². The Morgan fingerprint density at radius 2 is 2.06 bits per heavy atom. The first-order chi connectivity index (χ1) is 7.75. The summed E-state index contributed by atoms with van der Waals surface area (Å²) in [5.41, 5.74) is 0.632. The van der Waals surface area contributed by atoms with E-state index in [1.807, 2.05) is 13.1 Å². The van der Waals surface area contributed by atoms with Gasteiger partial charge in [0.2, 0.25) is 0 Å². The predicted molar refractivity (Wildman–Crippen MR) is 64.4 cm³/mol. The van der Waals surface area contributed by atoms with E-state index in [2.05, 4.69) is 5.32 Å². The van der Waals surface area contributed by atoms with Crippen LogP contribution in [0.5, 0.6) is 5.75 Å². The minimum atomic E-state index is -0.238. The second-order valence-corrected chi connectivity index (χ2v) is 3.90. The van der Waals surface area contributed by atoms with Crippen molar-refractivity contribution in [2.45, 2.75) is 26.2 Å². The summed E-state index contributed by atoms with van der Waals surface area (Å²) >= 11 is 0. The molecule has 90 valence electrons. The maximum atomic E-state index is 13.5. The van der Waals surface area contributed by atoms with Gasteiger partial charge in [0.05, 0.1) is 6.61 Å². The summed E-state index contributed by atoms with van der Waals surface area (Å²) in [6.07, 6.45) is 3.21. The molecule has 0 bridgehead atoms. The van der Waals surface area contributed by atoms with Gasteiger partial charge in [0.1, 0.15) is 0 Å². The van der Waals surface area contributed by atoms with Crippen molar-refractivity contribution >= 4 is 0 Å². The van der Waals surface area contributed by atoms with Crippen molar-refractivity contribution < 1.29 is 9.13 Å². The van der Waals surface area contributed by atoms with E-state index in [0.29, 0.717) is 17.9 Å². The summed E-state index contributed by atoms with van der Waals surface area (Å²) in [4.78, 5) is 0. The molecular formula is C13H20FNO. The van der Waals surface area contributed by atoms with Crippen molar-refractivity contribution in [3.8, 4) is 5.75 Å². The Balaban J connectivity index is 2.24. The van der Waals surface area contributed by atoms with Gasteiger partial charge in [-0.25, -0.2) is 4.39 Å². The van der Waals surface area contributed by atoms with Crippen LogP contribution in [0.4, 0.5) is 4.39 Å². The van der Waals surface area contributed by atoms with Crippen molar-refractivity contribution in [2.75, 3.05) is 20.2 Å². The number of aryl methyl sites for hydroxylation is 1. The van der Waals surface area contributed by atoms with E-state index in [1.54, 1.807) is 19.1 Å². The first kappa shape index (κ1) is 13.0. The molecule has 16 heavy (non-hydrogen) atoms. The third kappa shape index (κ3) is 4.19. The molecule has 0 saturated carbocycles. The Hall–Kier alpha value is -1.09. The minimum Gasteiger partial charge on any atom is -0.491 e. The average molecular weight is 225 g/mol. The molecule has 0 unspecified atom stereocenters. The quantitative estimate of drug-likeness (QED) is 0.720. The Labute approximate surface area is 96.8 Å². The van der Waals surface area contributed by atoms with Crippen LogP contribution in [0, 0.1) is 12.7 Å². The Morgan fingerprint density at radius 1 is 1.25 bits per heavy atom. The van der Waals surface area contributed by atoms with Gasteiger partial charge in [-0.05, 0) is 51.4 Å². The van der Waals surface area contributed by atoms with Crippen molar-refractivity contribution in [1.29, 1.82) is 0 Å². The van der Waals surface area contributed by atoms with Crippen LogP contribution < -0.4 is 10.1 Å². The largest absolute Gasteiger partial charge is 0.491 e. The number of unbranched alkanes of at least 4 members (excludes halogenated alkanes) is 2. The first-order valence-corrected chi connectivity index (χ1v) is 5.78. The fraction of sp³-hybridized carbons (Fsp3) is 0.538. The highest BCUT2D eigenvalue weighted by Gasteiger charge is 2.04. The number of hydrogen-bond donors (Lipinski definition) is 1. The highest BCUT2D eigenvalue weighted by atomic mass is 19.1. The van der Waals surface area contributed by atoms with Gasteiger partial charge in [-0.1, -0.05) is 12.1 Å². The number of ether oxygens (including phenoxy) is 1. The number of nitrogens with one attached hydrogen (secondary N) is 1. The second-order valence-electron chi connectivity index (χ2n) is 3.90. The lowest BCUT2D eigenvalue weighted by Gasteiger charge is -2.08. The molecular weight excluding hydrogens is 205 g/mol. The smallest absolute Gasteiger partial charge is 0.167 e. The Bertz CT molecular complexity index is 315. The van der Waals surface area contributed by atoms with Gasteiger partial charge in [0.15, 0.2) is 11.6 Å². The minimum absolute atomic E-state index is 0.238. The molecule has 1 rings (SSSR count). The van der Waals surface area contributed by atoms with Gasteiger partial charge >= 0.3 is 0 Å². The molecule has 0 saturated heterocycles. The van der Waals surface area contributed by atoms with E-state index in [4.69, 9.17) is 4.74 Å². The summed E-state index contributed by atoms with van der Waals surface area (Å²) in [6, 6.07) is 5.24. The van der Waals surface area contributed by atoms with Crippen molar-refractivity contribution in [3.05, 3.63) is 29.6 Å². The molecule has 0 aliphatic rings. The predicted octanol–water partition coefficient (Wildman–Crippen LogP) is 2.90. The molecule has 0 spiro atoms. The standard InChI is InChI=1S/C13H20FNO/c1-11-7-6-8-12(13(11)14)16-10-5-3-4-9-15-2/h6-8,15H,3-5,9-10H2,1-2H3. The molecule has 3 heteroatoms. The average Bonchev–Trinajstić information content (AvgIpc) is 2.29. The highest BCUT2D eigenvalue weighted by molar-refractivity contribution is 5.29. The highest BCUT2D eigenvalue weighted by Crippen LogP contribution is 2.19. The summed E-state index contributed by atoms with van der Waals surface area (Å²) in [5, 5.41) is 3.09. The molecule has 0 aromatic heterocycles. The second kappa shape index (κ2) is 7.23. The maximum Gasteiger partial charge on any atom is 0.167 e. The van der Waals surface area contributed by atoms with Crippen molar-refractivity contribution in [3.63, 3.8) is 0 Å². The Morgan fingerprint density at radius 3 is 2.81 bits per heavy atom. The summed E-state index contributed by atoms with van der Waals surface area (Å²) in [6.45, 7) is 3.36. The molecule has 0 heterocycles. The molecule has 2 nitrogen and oxygen atoms in total. The van der Waals surface area contributed by atoms with E-state index >= 15 is 0 Å². The molecule has 1 N–H and O–H groups in total. The monoisotopic (exact) mass is 225 g/mol. The zero-order chi connectivity index (χ0) is 11.8. The van der Waals surface area contributed by atoms with E-state index in [-0.39, 0.29) is 5.82 Å². The van der Waals surface area contributed by atoms with Gasteiger partial charge in [-0.15, -0.1) is 0 Å². The van der Waals surface area contributed by atoms with Crippen LogP contribution in [0.1, 0.15) is 24.8 Å². The van der Waals surface area contributed by atoms with E-state index < -0.39 is 0 Å². The van der Waals surface area contributed by atoms with Crippen LogP contribution >= 0.6 is 0 Å². The van der Waals surface area contributed by atoms with Gasteiger partial charge < -0.3 is 10.1 Å². The molecule has 0 radical (unpaired) electrons. The molecule has 1 aromatic carbocycles. The van der Waals surface area contributed by atoms with Crippen LogP contribution in [0.25, 0.3) is 0 Å². The van der Waals surface area contributed by atoms with Crippen molar-refractivity contribution in [2.24, 2.45) is 0 Å². The van der Waals surface area contributed by atoms with Crippen molar-refractivity contribution in [1.82, 2.24) is 5.32 Å². The lowest BCUT2D eigenvalue weighted by atomic mass is 10.2. The van der Waals surface area contributed by atoms with Crippen LogP contribution in [0.15, 0.2) is 18.2 Å². The summed E-state index contributed by atoms with van der Waals surface area (Å²) in [7, 11) is 1.94. The fourth-order valence-corrected chi connectivity index (χ4v) is 1.49. The van der Waals surface area contributed by atoms with Gasteiger partial charge in [-0.3, -0.25) is 0 Å². The lowest BCUT2D eigenvalue weighted by molar-refractivity contribution is 0.290. The van der Waals surface area contributed by atoms with Crippen LogP contribution in [-0.4, -0.2) is 20.2 Å². The van der Waals surface area contributed by atoms with E-state index in [1.165, 1.54) is 0 Å². The van der Waals surface area contributed by atoms with E-state index in [0.717, 1.165) is 25.8 Å². The van der Waals surface area contributed by atoms with Gasteiger partial charge in [0.25, 0.3) is 0 Å². The fourth-order valence-electron chi connectivity index (χ4n) is 1.49. The Kier molecular flexibility index (Phi) is 5.86. The number of hydrogen-bond acceptors (Lipinski definition) is 2. The van der Waals surface area contributed by atoms with Crippen LogP contribution in [0.3, 0.4) is 0 Å². The zero-order valence-corrected chi connectivity index (χ0v) is 10.1. The summed E-state index contributed by atoms with van der Waals surface area (Å²) < 4.78 is 18.9. The maximum absolute atomic E-state index is 13.5. The zero-order valence-electron chi connectivity index (χ0n) is 10.1. The molecule has 0 amide bonds. The van der Waals surface area contributed by atoms with Gasteiger partial charge in [-0.2, -0.15) is 0 Å². The van der Waals surface area contributed by atoms with E-state index in [9.17, 15) is 4.39 Å². The van der Waals surface area contributed by atoms with Crippen LogP contribution in [-0.2, 0) is 0 Å². The third-order valence-electron chi connectivity index (χ3n) is 2.49.